The fourth-order valence-corrected chi connectivity index (χ4v) is 4.54. The third-order valence-electron chi connectivity index (χ3n) is 4.00. The number of aromatic carboxylic acids is 1. The first kappa shape index (κ1) is 17.7. The van der Waals surface area contributed by atoms with Gasteiger partial charge in [-0.1, -0.05) is 47.5 Å². The number of nitrogens with zero attached hydrogens (tertiary/aromatic N) is 1. The highest BCUT2D eigenvalue weighted by Crippen LogP contribution is 2.30. The Kier molecular flexibility index (Phi) is 4.71. The number of hydrogen-bond acceptors (Lipinski definition) is 3. The summed E-state index contributed by atoms with van der Waals surface area (Å²) in [4.78, 5) is 11.7. The maximum Gasteiger partial charge on any atom is 0.337 e. The van der Waals surface area contributed by atoms with E-state index in [0.717, 1.165) is 20.4 Å². The van der Waals surface area contributed by atoms with Crippen LogP contribution < -0.4 is 0 Å². The van der Waals surface area contributed by atoms with Crippen LogP contribution in [0.5, 0.6) is 0 Å². The fourth-order valence-electron chi connectivity index (χ4n) is 2.87. The van der Waals surface area contributed by atoms with Crippen molar-refractivity contribution < 1.29 is 18.3 Å². The first-order valence-electron chi connectivity index (χ1n) is 7.73. The van der Waals surface area contributed by atoms with Crippen LogP contribution in [0, 0.1) is 0 Å². The third kappa shape index (κ3) is 3.09. The van der Waals surface area contributed by atoms with Crippen LogP contribution in [0.4, 0.5) is 0 Å². The lowest BCUT2D eigenvalue weighted by Gasteiger charge is -2.10. The molecule has 5 nitrogen and oxygen atoms in total. The van der Waals surface area contributed by atoms with Crippen molar-refractivity contribution >= 4 is 42.8 Å². The molecule has 3 aromatic rings. The van der Waals surface area contributed by atoms with Gasteiger partial charge in [0.25, 0.3) is 10.0 Å². The van der Waals surface area contributed by atoms with E-state index in [1.165, 1.54) is 18.3 Å². The van der Waals surface area contributed by atoms with Crippen molar-refractivity contribution in [2.45, 2.75) is 24.7 Å². The summed E-state index contributed by atoms with van der Waals surface area (Å²) in [6.45, 7) is 1.99. The highest BCUT2D eigenvalue weighted by molar-refractivity contribution is 9.10. The van der Waals surface area contributed by atoms with Crippen molar-refractivity contribution in [2.24, 2.45) is 0 Å². The van der Waals surface area contributed by atoms with Crippen molar-refractivity contribution in [2.75, 3.05) is 0 Å². The number of carboxylic acid groups (broad SMARTS) is 1. The Morgan fingerprint density at radius 1 is 1.16 bits per heavy atom. The van der Waals surface area contributed by atoms with Gasteiger partial charge in [-0.05, 0) is 36.2 Å². The summed E-state index contributed by atoms with van der Waals surface area (Å²) in [5.74, 6) is -1.15. The number of benzene rings is 2. The Labute approximate surface area is 154 Å². The van der Waals surface area contributed by atoms with E-state index >= 15 is 0 Å². The number of carboxylic acids is 1. The lowest BCUT2D eigenvalue weighted by Crippen LogP contribution is -2.13. The molecule has 0 unspecified atom stereocenters. The first-order valence-corrected chi connectivity index (χ1v) is 9.97. The Bertz CT molecular complexity index is 1050. The van der Waals surface area contributed by atoms with Gasteiger partial charge < -0.3 is 5.11 Å². The van der Waals surface area contributed by atoms with Gasteiger partial charge in [0.1, 0.15) is 0 Å². The lowest BCUT2D eigenvalue weighted by atomic mass is 10.1. The summed E-state index contributed by atoms with van der Waals surface area (Å²) in [5.41, 5.74) is 1.23. The van der Waals surface area contributed by atoms with Crippen molar-refractivity contribution in [3.63, 3.8) is 0 Å². The van der Waals surface area contributed by atoms with Crippen molar-refractivity contribution in [3.05, 3.63) is 64.3 Å². The molecule has 0 atom stereocenters. The van der Waals surface area contributed by atoms with E-state index in [1.807, 2.05) is 13.0 Å². The summed E-state index contributed by atoms with van der Waals surface area (Å²) >= 11 is 3.28. The average Bonchev–Trinajstić information content (AvgIpc) is 2.97. The molecule has 2 aromatic carbocycles. The molecular weight excluding hydrogens is 406 g/mol. The Balaban J connectivity index is 2.35. The zero-order valence-electron chi connectivity index (χ0n) is 13.4. The van der Waals surface area contributed by atoms with Gasteiger partial charge in [0, 0.05) is 16.1 Å². The topological polar surface area (TPSA) is 76.4 Å². The number of fused-ring (bicyclic) bond motifs is 1. The molecule has 1 aromatic heterocycles. The van der Waals surface area contributed by atoms with Gasteiger partial charge in [-0.3, -0.25) is 0 Å². The van der Waals surface area contributed by atoms with E-state index in [2.05, 4.69) is 15.9 Å². The molecule has 1 heterocycles. The monoisotopic (exact) mass is 421 g/mol. The quantitative estimate of drug-likeness (QED) is 0.666. The molecule has 0 radical (unpaired) electrons. The normalized spacial score (nSPS) is 11.8. The van der Waals surface area contributed by atoms with Crippen LogP contribution in [0.15, 0.2) is 58.0 Å². The van der Waals surface area contributed by atoms with Crippen LogP contribution in [0.1, 0.15) is 29.3 Å². The van der Waals surface area contributed by atoms with Crippen LogP contribution in [0.3, 0.4) is 0 Å². The summed E-state index contributed by atoms with van der Waals surface area (Å²) in [6, 6.07) is 11.5. The van der Waals surface area contributed by atoms with Gasteiger partial charge in [0.2, 0.25) is 0 Å². The number of aromatic nitrogens is 1. The molecule has 0 amide bonds. The number of carbonyl (C=O) groups is 1. The minimum Gasteiger partial charge on any atom is -0.478 e. The number of aryl methyl sites for hydroxylation is 1. The third-order valence-corrected chi connectivity index (χ3v) is 6.20. The average molecular weight is 422 g/mol. The highest BCUT2D eigenvalue weighted by atomic mass is 79.9. The number of hydrogen-bond donors (Lipinski definition) is 1. The minimum absolute atomic E-state index is 0.0198. The van der Waals surface area contributed by atoms with E-state index in [0.29, 0.717) is 17.3 Å². The number of para-hydroxylation sites is 1. The Morgan fingerprint density at radius 2 is 1.84 bits per heavy atom. The number of halogens is 1. The van der Waals surface area contributed by atoms with Gasteiger partial charge in [-0.15, -0.1) is 0 Å². The molecule has 1 N–H and O–H groups in total. The van der Waals surface area contributed by atoms with Crippen LogP contribution in [0.2, 0.25) is 0 Å². The van der Waals surface area contributed by atoms with Crippen LogP contribution in [0.25, 0.3) is 10.9 Å². The van der Waals surface area contributed by atoms with Gasteiger partial charge in [0.05, 0.1) is 16.0 Å². The van der Waals surface area contributed by atoms with Gasteiger partial charge in [-0.2, -0.15) is 0 Å². The SMILES string of the molecule is CCCc1cccc2c(C(=O)O)cn(S(=O)(=O)c3ccc(Br)cc3)c12. The minimum atomic E-state index is -3.90. The van der Waals surface area contributed by atoms with Gasteiger partial charge >= 0.3 is 5.97 Å². The standard InChI is InChI=1S/C18H16BrNO4S/c1-2-4-12-5-3-6-15-16(18(21)22)11-20(17(12)15)25(23,24)14-9-7-13(19)8-10-14/h3,5-11H,2,4H2,1H3,(H,21,22). The van der Waals surface area contributed by atoms with Crippen LogP contribution in [-0.4, -0.2) is 23.5 Å². The predicted molar refractivity (Wildman–Crippen MR) is 99.6 cm³/mol. The second-order valence-electron chi connectivity index (χ2n) is 5.67. The molecule has 0 aliphatic rings. The zero-order valence-corrected chi connectivity index (χ0v) is 15.8. The smallest absolute Gasteiger partial charge is 0.337 e. The first-order chi connectivity index (χ1) is 11.9. The summed E-state index contributed by atoms with van der Waals surface area (Å²) in [6.07, 6.45) is 2.69. The van der Waals surface area contributed by atoms with Crippen molar-refractivity contribution in [1.29, 1.82) is 0 Å². The molecule has 0 bridgehead atoms. The van der Waals surface area contributed by atoms with E-state index in [-0.39, 0.29) is 10.5 Å². The highest BCUT2D eigenvalue weighted by Gasteiger charge is 2.25. The predicted octanol–water partition coefficient (Wildman–Crippen LogP) is 4.29. The molecule has 25 heavy (non-hydrogen) atoms. The van der Waals surface area contributed by atoms with Crippen molar-refractivity contribution in [1.82, 2.24) is 3.97 Å². The van der Waals surface area contributed by atoms with Crippen molar-refractivity contribution in [3.8, 4) is 0 Å². The summed E-state index contributed by atoms with van der Waals surface area (Å²) in [5, 5.41) is 9.91. The molecule has 7 heteroatoms. The maximum absolute atomic E-state index is 13.1. The van der Waals surface area contributed by atoms with E-state index in [1.54, 1.807) is 24.3 Å². The summed E-state index contributed by atoms with van der Waals surface area (Å²) < 4.78 is 28.1. The number of rotatable bonds is 5. The molecule has 0 aliphatic heterocycles. The maximum atomic E-state index is 13.1. The van der Waals surface area contributed by atoms with Gasteiger partial charge in [0.15, 0.2) is 0 Å². The molecule has 3 rings (SSSR count). The molecule has 0 spiro atoms. The van der Waals surface area contributed by atoms with E-state index in [4.69, 9.17) is 0 Å². The lowest BCUT2D eigenvalue weighted by molar-refractivity contribution is 0.0699. The molecule has 0 aliphatic carbocycles. The largest absolute Gasteiger partial charge is 0.478 e. The molecule has 130 valence electrons. The van der Waals surface area contributed by atoms with E-state index in [9.17, 15) is 18.3 Å². The summed E-state index contributed by atoms with van der Waals surface area (Å²) in [7, 11) is -3.90. The second-order valence-corrected chi connectivity index (χ2v) is 8.40. The second kappa shape index (κ2) is 6.65. The Hall–Kier alpha value is -2.12. The van der Waals surface area contributed by atoms with Crippen LogP contribution in [-0.2, 0) is 16.4 Å². The van der Waals surface area contributed by atoms with Gasteiger partial charge in [-0.25, -0.2) is 17.2 Å². The van der Waals surface area contributed by atoms with Crippen LogP contribution >= 0.6 is 15.9 Å². The fraction of sp³-hybridized carbons (Fsp3) is 0.167. The molecular formula is C18H16BrNO4S. The Morgan fingerprint density at radius 3 is 2.44 bits per heavy atom. The molecule has 0 saturated carbocycles. The zero-order chi connectivity index (χ0) is 18.2. The molecule has 0 fully saturated rings. The van der Waals surface area contributed by atoms with E-state index < -0.39 is 16.0 Å². The molecule has 0 saturated heterocycles.